The van der Waals surface area contributed by atoms with Crippen molar-refractivity contribution in [1.82, 2.24) is 4.98 Å². The molecule has 0 atom stereocenters. The third-order valence-corrected chi connectivity index (χ3v) is 3.16. The zero-order chi connectivity index (χ0) is 13.7. The second kappa shape index (κ2) is 6.50. The van der Waals surface area contributed by atoms with Gasteiger partial charge in [0.2, 0.25) is 0 Å². The number of nitrogens with zero attached hydrogens (tertiary/aromatic N) is 1. The highest BCUT2D eigenvalue weighted by atomic mass is 35.5. The van der Waals surface area contributed by atoms with Crippen LogP contribution in [-0.4, -0.2) is 16.5 Å². The van der Waals surface area contributed by atoms with Gasteiger partial charge in [-0.05, 0) is 36.2 Å². The van der Waals surface area contributed by atoms with Crippen molar-refractivity contribution in [2.24, 2.45) is 5.73 Å². The number of pyridine rings is 1. The average molecular weight is 292 g/mol. The SMILES string of the molecule is NC(=S)c1cccnc1NCCc1ccc(Cl)cc1. The van der Waals surface area contributed by atoms with Crippen LogP contribution in [0, 0.1) is 0 Å². The Morgan fingerprint density at radius 3 is 2.68 bits per heavy atom. The lowest BCUT2D eigenvalue weighted by Crippen LogP contribution is -2.15. The first-order valence-electron chi connectivity index (χ1n) is 5.90. The molecule has 0 unspecified atom stereocenters. The number of rotatable bonds is 5. The number of nitrogens with two attached hydrogens (primary N) is 1. The van der Waals surface area contributed by atoms with Crippen LogP contribution in [0.2, 0.25) is 5.02 Å². The molecule has 1 heterocycles. The van der Waals surface area contributed by atoms with E-state index in [1.807, 2.05) is 36.4 Å². The Bertz CT molecular complexity index is 569. The fourth-order valence-electron chi connectivity index (χ4n) is 1.72. The van der Waals surface area contributed by atoms with Crippen molar-refractivity contribution in [1.29, 1.82) is 0 Å². The molecule has 19 heavy (non-hydrogen) atoms. The summed E-state index contributed by atoms with van der Waals surface area (Å²) >= 11 is 10.8. The number of hydrogen-bond acceptors (Lipinski definition) is 3. The molecule has 3 nitrogen and oxygen atoms in total. The van der Waals surface area contributed by atoms with Crippen molar-refractivity contribution in [2.75, 3.05) is 11.9 Å². The molecule has 0 radical (unpaired) electrons. The van der Waals surface area contributed by atoms with Crippen molar-refractivity contribution in [3.05, 3.63) is 58.7 Å². The van der Waals surface area contributed by atoms with E-state index >= 15 is 0 Å². The van der Waals surface area contributed by atoms with E-state index in [1.54, 1.807) is 6.20 Å². The van der Waals surface area contributed by atoms with Crippen LogP contribution in [0.1, 0.15) is 11.1 Å². The zero-order valence-electron chi connectivity index (χ0n) is 10.3. The third-order valence-electron chi connectivity index (χ3n) is 2.69. The Balaban J connectivity index is 1.96. The van der Waals surface area contributed by atoms with Gasteiger partial charge in [0.25, 0.3) is 0 Å². The fraction of sp³-hybridized carbons (Fsp3) is 0.143. The average Bonchev–Trinajstić information content (AvgIpc) is 2.41. The fourth-order valence-corrected chi connectivity index (χ4v) is 2.01. The van der Waals surface area contributed by atoms with Crippen molar-refractivity contribution in [3.63, 3.8) is 0 Å². The minimum absolute atomic E-state index is 0.349. The van der Waals surface area contributed by atoms with Gasteiger partial charge in [-0.3, -0.25) is 0 Å². The van der Waals surface area contributed by atoms with E-state index in [9.17, 15) is 0 Å². The highest BCUT2D eigenvalue weighted by Crippen LogP contribution is 2.12. The molecule has 0 saturated heterocycles. The summed E-state index contributed by atoms with van der Waals surface area (Å²) in [6.45, 7) is 0.758. The van der Waals surface area contributed by atoms with E-state index in [4.69, 9.17) is 29.6 Å². The van der Waals surface area contributed by atoms with Gasteiger partial charge in [-0.25, -0.2) is 4.98 Å². The molecule has 0 fully saturated rings. The zero-order valence-corrected chi connectivity index (χ0v) is 11.8. The van der Waals surface area contributed by atoms with Gasteiger partial charge in [0.15, 0.2) is 0 Å². The molecule has 0 aliphatic carbocycles. The van der Waals surface area contributed by atoms with Crippen molar-refractivity contribution in [3.8, 4) is 0 Å². The molecule has 2 aromatic rings. The second-order valence-corrected chi connectivity index (χ2v) is 4.94. The summed E-state index contributed by atoms with van der Waals surface area (Å²) in [5.74, 6) is 0.726. The van der Waals surface area contributed by atoms with Gasteiger partial charge in [-0.2, -0.15) is 0 Å². The molecule has 0 spiro atoms. The quantitative estimate of drug-likeness (QED) is 0.832. The molecule has 1 aromatic carbocycles. The smallest absolute Gasteiger partial charge is 0.136 e. The first-order valence-corrected chi connectivity index (χ1v) is 6.68. The topological polar surface area (TPSA) is 50.9 Å². The summed E-state index contributed by atoms with van der Waals surface area (Å²) in [6, 6.07) is 11.5. The Hall–Kier alpha value is -1.65. The lowest BCUT2D eigenvalue weighted by atomic mass is 10.1. The molecular weight excluding hydrogens is 278 g/mol. The number of anilines is 1. The van der Waals surface area contributed by atoms with Gasteiger partial charge in [0, 0.05) is 17.8 Å². The summed E-state index contributed by atoms with van der Waals surface area (Å²) in [5.41, 5.74) is 7.64. The number of nitrogens with one attached hydrogen (secondary N) is 1. The van der Waals surface area contributed by atoms with Crippen molar-refractivity contribution >= 4 is 34.6 Å². The van der Waals surface area contributed by atoms with Gasteiger partial charge >= 0.3 is 0 Å². The molecule has 5 heteroatoms. The normalized spacial score (nSPS) is 10.2. The summed E-state index contributed by atoms with van der Waals surface area (Å²) in [6.07, 6.45) is 2.59. The van der Waals surface area contributed by atoms with Crippen LogP contribution in [0.3, 0.4) is 0 Å². The molecule has 0 aliphatic rings. The van der Waals surface area contributed by atoms with E-state index in [0.29, 0.717) is 4.99 Å². The molecule has 3 N–H and O–H groups in total. The molecular formula is C14H14ClN3S. The third kappa shape index (κ3) is 3.91. The van der Waals surface area contributed by atoms with Crippen LogP contribution < -0.4 is 11.1 Å². The lowest BCUT2D eigenvalue weighted by Gasteiger charge is -2.09. The summed E-state index contributed by atoms with van der Waals surface area (Å²) in [7, 11) is 0. The Morgan fingerprint density at radius 2 is 2.00 bits per heavy atom. The van der Waals surface area contributed by atoms with Crippen LogP contribution in [0.5, 0.6) is 0 Å². The van der Waals surface area contributed by atoms with E-state index in [-0.39, 0.29) is 0 Å². The number of aromatic nitrogens is 1. The number of thiocarbonyl (C=S) groups is 1. The Labute approximate surface area is 122 Å². The summed E-state index contributed by atoms with van der Waals surface area (Å²) in [5, 5.41) is 3.99. The minimum atomic E-state index is 0.349. The number of halogens is 1. The van der Waals surface area contributed by atoms with E-state index in [0.717, 1.165) is 29.4 Å². The summed E-state index contributed by atoms with van der Waals surface area (Å²) in [4.78, 5) is 4.59. The van der Waals surface area contributed by atoms with Crippen LogP contribution in [0.4, 0.5) is 5.82 Å². The maximum absolute atomic E-state index is 5.84. The van der Waals surface area contributed by atoms with Gasteiger partial charge < -0.3 is 11.1 Å². The van der Waals surface area contributed by atoms with E-state index in [2.05, 4.69) is 10.3 Å². The van der Waals surface area contributed by atoms with Crippen LogP contribution in [-0.2, 0) is 6.42 Å². The van der Waals surface area contributed by atoms with Crippen molar-refractivity contribution in [2.45, 2.75) is 6.42 Å². The maximum Gasteiger partial charge on any atom is 0.136 e. The largest absolute Gasteiger partial charge is 0.389 e. The van der Waals surface area contributed by atoms with Crippen LogP contribution in [0.25, 0.3) is 0 Å². The first kappa shape index (κ1) is 13.8. The van der Waals surface area contributed by atoms with E-state index < -0.39 is 0 Å². The molecule has 0 amide bonds. The molecule has 1 aromatic heterocycles. The lowest BCUT2D eigenvalue weighted by molar-refractivity contribution is 1.01. The predicted molar refractivity (Wildman–Crippen MR) is 83.8 cm³/mol. The first-order chi connectivity index (χ1) is 9.16. The molecule has 2 rings (SSSR count). The Morgan fingerprint density at radius 1 is 1.26 bits per heavy atom. The number of hydrogen-bond donors (Lipinski definition) is 2. The second-order valence-electron chi connectivity index (χ2n) is 4.07. The molecule has 0 bridgehead atoms. The van der Waals surface area contributed by atoms with Crippen LogP contribution >= 0.6 is 23.8 Å². The minimum Gasteiger partial charge on any atom is -0.389 e. The van der Waals surface area contributed by atoms with Gasteiger partial charge in [0.05, 0.1) is 5.56 Å². The predicted octanol–water partition coefficient (Wildman–Crippen LogP) is 3.02. The van der Waals surface area contributed by atoms with E-state index in [1.165, 1.54) is 5.56 Å². The molecule has 98 valence electrons. The highest BCUT2D eigenvalue weighted by molar-refractivity contribution is 7.80. The molecule has 0 aliphatic heterocycles. The van der Waals surface area contributed by atoms with Crippen molar-refractivity contribution < 1.29 is 0 Å². The summed E-state index contributed by atoms with van der Waals surface area (Å²) < 4.78 is 0. The van der Waals surface area contributed by atoms with Gasteiger partial charge in [0.1, 0.15) is 10.8 Å². The van der Waals surface area contributed by atoms with Crippen LogP contribution in [0.15, 0.2) is 42.6 Å². The monoisotopic (exact) mass is 291 g/mol. The standard InChI is InChI=1S/C14H14ClN3S/c15-11-5-3-10(4-6-11)7-9-18-14-12(13(16)19)2-1-8-17-14/h1-6,8H,7,9H2,(H2,16,19)(H,17,18). The molecule has 0 saturated carbocycles. The highest BCUT2D eigenvalue weighted by Gasteiger charge is 2.04. The van der Waals surface area contributed by atoms with Gasteiger partial charge in [-0.15, -0.1) is 0 Å². The number of benzene rings is 1. The van der Waals surface area contributed by atoms with Gasteiger partial charge in [-0.1, -0.05) is 36.0 Å². The maximum atomic E-state index is 5.84. The Kier molecular flexibility index (Phi) is 4.71.